The molecular weight excluding hydrogens is 439 g/mol. The predicted octanol–water partition coefficient (Wildman–Crippen LogP) is 0.503. The Bertz CT molecular complexity index is 343. The van der Waals surface area contributed by atoms with Gasteiger partial charge in [0.1, 0.15) is 6.04 Å². The third kappa shape index (κ3) is 8.14. The summed E-state index contributed by atoms with van der Waals surface area (Å²) in [5, 5.41) is 24.7. The molecular formula is C10H16BiNO6. The van der Waals surface area contributed by atoms with E-state index in [-0.39, 0.29) is 12.8 Å². The molecule has 1 atom stereocenters. The van der Waals surface area contributed by atoms with Crippen molar-refractivity contribution in [1.82, 2.24) is 0 Å². The summed E-state index contributed by atoms with van der Waals surface area (Å²) in [4.78, 5) is 30.1. The van der Waals surface area contributed by atoms with Crippen molar-refractivity contribution in [2.75, 3.05) is 0 Å². The van der Waals surface area contributed by atoms with Crippen molar-refractivity contribution in [3.8, 4) is 0 Å². The van der Waals surface area contributed by atoms with Gasteiger partial charge in [0.2, 0.25) is 0 Å². The SMILES string of the molecule is N[C@@H](CCC(=O)O)C(=O)O.O=[C](O)[Bi]1[CH]=CC[CH2]1. The summed E-state index contributed by atoms with van der Waals surface area (Å²) in [6, 6.07) is -1.06. The number of nitrogens with two attached hydrogens (primary N) is 1. The van der Waals surface area contributed by atoms with Crippen LogP contribution in [-0.4, -0.2) is 58.7 Å². The second-order valence-electron chi connectivity index (χ2n) is 3.53. The predicted molar refractivity (Wildman–Crippen MR) is 64.8 cm³/mol. The quantitative estimate of drug-likeness (QED) is 0.443. The fraction of sp³-hybridized carbons (Fsp3) is 0.500. The van der Waals surface area contributed by atoms with E-state index in [1.165, 1.54) is 0 Å². The number of allylic oxidation sites excluding steroid dienone is 1. The van der Waals surface area contributed by atoms with Gasteiger partial charge in [-0.2, -0.15) is 0 Å². The van der Waals surface area contributed by atoms with Crippen LogP contribution in [0.25, 0.3) is 0 Å². The molecule has 1 rings (SSSR count). The van der Waals surface area contributed by atoms with Crippen molar-refractivity contribution < 1.29 is 29.7 Å². The number of aliphatic carboxylic acids is 2. The molecule has 0 aromatic heterocycles. The van der Waals surface area contributed by atoms with E-state index >= 15 is 0 Å². The molecule has 102 valence electrons. The van der Waals surface area contributed by atoms with Gasteiger partial charge in [0.25, 0.3) is 0 Å². The maximum absolute atomic E-state index is 10.2. The van der Waals surface area contributed by atoms with Gasteiger partial charge in [-0.15, -0.1) is 0 Å². The summed E-state index contributed by atoms with van der Waals surface area (Å²) in [6.07, 6.45) is 2.80. The fourth-order valence-electron chi connectivity index (χ4n) is 1.05. The van der Waals surface area contributed by atoms with Crippen LogP contribution < -0.4 is 5.73 Å². The molecule has 0 aliphatic carbocycles. The van der Waals surface area contributed by atoms with Crippen LogP contribution >= 0.6 is 0 Å². The van der Waals surface area contributed by atoms with Crippen LogP contribution in [0.5, 0.6) is 0 Å². The summed E-state index contributed by atoms with van der Waals surface area (Å²) in [7, 11) is 0. The topological polar surface area (TPSA) is 138 Å². The second kappa shape index (κ2) is 8.99. The standard InChI is InChI=1S/C5H9NO4.C4H6.CHO2.Bi/c6-3(5(9)10)1-2-4(7)8;1-3-4-2;2-1-3;/h3H,1-2,6H2,(H,7,8)(H,9,10);1,3H,2,4H2;(H,2,3);/t3-;;;/m0.../s1. The zero-order chi connectivity index (χ0) is 14.1. The number of rotatable bonds is 5. The van der Waals surface area contributed by atoms with E-state index in [4.69, 9.17) is 21.1 Å². The Balaban J connectivity index is 0.000000327. The van der Waals surface area contributed by atoms with Gasteiger partial charge >= 0.3 is 67.7 Å². The first-order valence-electron chi connectivity index (χ1n) is 5.21. The average Bonchev–Trinajstić information content (AvgIpc) is 2.79. The molecule has 0 aromatic rings. The van der Waals surface area contributed by atoms with Crippen molar-refractivity contribution in [3.63, 3.8) is 0 Å². The molecule has 1 aliphatic heterocycles. The van der Waals surface area contributed by atoms with Crippen molar-refractivity contribution in [3.05, 3.63) is 9.86 Å². The Kier molecular flexibility index (Phi) is 8.49. The Labute approximate surface area is 112 Å². The van der Waals surface area contributed by atoms with Gasteiger partial charge in [-0.05, 0) is 6.42 Å². The molecule has 0 amide bonds. The van der Waals surface area contributed by atoms with Crippen LogP contribution in [0.3, 0.4) is 0 Å². The number of carbonyl (C=O) groups is 3. The van der Waals surface area contributed by atoms with Crippen LogP contribution in [0.15, 0.2) is 9.86 Å². The molecule has 8 heteroatoms. The molecule has 0 radical (unpaired) electrons. The van der Waals surface area contributed by atoms with Crippen molar-refractivity contribution >= 4 is 37.4 Å². The zero-order valence-electron chi connectivity index (χ0n) is 9.65. The molecule has 0 fully saturated rings. The molecule has 0 unspecified atom stereocenters. The first kappa shape index (κ1) is 17.0. The molecule has 0 saturated carbocycles. The molecule has 5 N–H and O–H groups in total. The van der Waals surface area contributed by atoms with Crippen LogP contribution in [0.2, 0.25) is 4.13 Å². The van der Waals surface area contributed by atoms with Gasteiger partial charge in [0.15, 0.2) is 0 Å². The summed E-state index contributed by atoms with van der Waals surface area (Å²) >= 11 is -1.99. The van der Waals surface area contributed by atoms with Gasteiger partial charge in [-0.3, -0.25) is 9.59 Å². The van der Waals surface area contributed by atoms with Crippen LogP contribution in [-0.2, 0) is 9.59 Å². The van der Waals surface area contributed by atoms with E-state index in [0.29, 0.717) is 0 Å². The van der Waals surface area contributed by atoms with Crippen molar-refractivity contribution in [2.24, 2.45) is 5.73 Å². The van der Waals surface area contributed by atoms with E-state index < -0.39 is 43.4 Å². The van der Waals surface area contributed by atoms with E-state index in [0.717, 1.165) is 10.5 Å². The summed E-state index contributed by atoms with van der Waals surface area (Å²) < 4.78 is 2.45. The number of carboxylic acids is 2. The van der Waals surface area contributed by atoms with Crippen LogP contribution in [0.1, 0.15) is 19.3 Å². The third-order valence-electron chi connectivity index (χ3n) is 2.05. The van der Waals surface area contributed by atoms with E-state index in [9.17, 15) is 14.4 Å². The van der Waals surface area contributed by atoms with Crippen molar-refractivity contribution in [2.45, 2.75) is 29.4 Å². The minimum atomic E-state index is -1.99. The van der Waals surface area contributed by atoms with Gasteiger partial charge in [0.05, 0.1) is 0 Å². The Morgan fingerprint density at radius 2 is 1.89 bits per heavy atom. The number of carboxylic acid groups (broad SMARTS) is 3. The zero-order valence-corrected chi connectivity index (χ0v) is 13.1. The average molecular weight is 455 g/mol. The first-order chi connectivity index (χ1) is 8.34. The molecule has 0 aromatic carbocycles. The molecule has 1 aliphatic rings. The normalized spacial score (nSPS) is 15.6. The molecule has 0 saturated heterocycles. The Hall–Kier alpha value is -1.01. The molecule has 0 spiro atoms. The van der Waals surface area contributed by atoms with Crippen LogP contribution in [0.4, 0.5) is 4.79 Å². The first-order valence-corrected chi connectivity index (χ1v) is 11.4. The van der Waals surface area contributed by atoms with Crippen molar-refractivity contribution in [1.29, 1.82) is 0 Å². The van der Waals surface area contributed by atoms with Gasteiger partial charge in [-0.25, -0.2) is 0 Å². The second-order valence-corrected chi connectivity index (χ2v) is 11.6. The van der Waals surface area contributed by atoms with Gasteiger partial charge < -0.3 is 15.9 Å². The summed E-state index contributed by atoms with van der Waals surface area (Å²) in [6.45, 7) is 0. The van der Waals surface area contributed by atoms with E-state index in [2.05, 4.69) is 0 Å². The Morgan fingerprint density at radius 1 is 1.28 bits per heavy atom. The number of hydrogen-bond acceptors (Lipinski definition) is 4. The Morgan fingerprint density at radius 3 is 2.17 bits per heavy atom. The van der Waals surface area contributed by atoms with Gasteiger partial charge in [0, 0.05) is 6.42 Å². The number of hydrogen-bond donors (Lipinski definition) is 4. The summed E-state index contributed by atoms with van der Waals surface area (Å²) in [5.74, 6) is -2.20. The van der Waals surface area contributed by atoms with E-state index in [1.807, 2.05) is 9.86 Å². The maximum atomic E-state index is 10.2. The summed E-state index contributed by atoms with van der Waals surface area (Å²) in [5.41, 5.74) is 5.00. The van der Waals surface area contributed by atoms with Crippen LogP contribution in [0, 0.1) is 0 Å². The molecule has 18 heavy (non-hydrogen) atoms. The molecule has 7 nitrogen and oxygen atoms in total. The van der Waals surface area contributed by atoms with Gasteiger partial charge in [-0.1, -0.05) is 0 Å². The minimum absolute atomic E-state index is 0.0231. The molecule has 1 heterocycles. The third-order valence-corrected chi connectivity index (χ3v) is 9.06. The van der Waals surface area contributed by atoms with E-state index in [1.54, 1.807) is 0 Å². The monoisotopic (exact) mass is 455 g/mol. The fourth-order valence-corrected chi connectivity index (χ4v) is 6.10. The molecule has 0 bridgehead atoms.